The highest BCUT2D eigenvalue weighted by Gasteiger charge is 2.22. The van der Waals surface area contributed by atoms with Gasteiger partial charge in [-0.05, 0) is 12.1 Å². The summed E-state index contributed by atoms with van der Waals surface area (Å²) in [6.07, 6.45) is 0.00274. The van der Waals surface area contributed by atoms with Crippen LogP contribution in [0.15, 0.2) is 18.2 Å². The van der Waals surface area contributed by atoms with Crippen LogP contribution < -0.4 is 14.6 Å². The number of benzene rings is 1. The summed E-state index contributed by atoms with van der Waals surface area (Å²) in [5.74, 6) is 1.02. The Balaban J connectivity index is 2.01. The third-order valence-corrected chi connectivity index (χ3v) is 3.39. The van der Waals surface area contributed by atoms with E-state index in [-0.39, 0.29) is 11.9 Å². The fraction of sp³-hybridized carbons (Fsp3) is 0.400. The van der Waals surface area contributed by atoms with Gasteiger partial charge in [0.15, 0.2) is 11.5 Å². The number of sulfonamides is 1. The Labute approximate surface area is 105 Å². The SMILES string of the molecule is NS(=O)(=O)CC[C@H]1COc2cc(Cl)ccc2O1. The first kappa shape index (κ1) is 12.5. The van der Waals surface area contributed by atoms with Gasteiger partial charge in [-0.25, -0.2) is 13.6 Å². The van der Waals surface area contributed by atoms with Crippen LogP contribution in [0.2, 0.25) is 5.02 Å². The van der Waals surface area contributed by atoms with Crippen molar-refractivity contribution in [3.8, 4) is 11.5 Å². The van der Waals surface area contributed by atoms with E-state index in [4.69, 9.17) is 26.2 Å². The van der Waals surface area contributed by atoms with Crippen LogP contribution in [-0.2, 0) is 10.0 Å². The molecule has 0 fully saturated rings. The summed E-state index contributed by atoms with van der Waals surface area (Å²) < 4.78 is 32.7. The lowest BCUT2D eigenvalue weighted by molar-refractivity contribution is 0.0889. The van der Waals surface area contributed by atoms with Crippen LogP contribution in [-0.4, -0.2) is 26.9 Å². The van der Waals surface area contributed by atoms with Crippen molar-refractivity contribution in [2.75, 3.05) is 12.4 Å². The van der Waals surface area contributed by atoms with Crippen LogP contribution in [0, 0.1) is 0 Å². The normalized spacial score (nSPS) is 19.1. The smallest absolute Gasteiger partial charge is 0.209 e. The molecule has 0 aromatic heterocycles. The number of fused-ring (bicyclic) bond motifs is 1. The van der Waals surface area contributed by atoms with Gasteiger partial charge in [-0.2, -0.15) is 0 Å². The molecule has 1 aliphatic rings. The number of halogens is 1. The van der Waals surface area contributed by atoms with Gasteiger partial charge in [0, 0.05) is 17.5 Å². The van der Waals surface area contributed by atoms with Gasteiger partial charge in [-0.3, -0.25) is 0 Å². The average molecular weight is 278 g/mol. The van der Waals surface area contributed by atoms with Crippen LogP contribution in [0.1, 0.15) is 6.42 Å². The molecule has 0 bridgehead atoms. The molecular formula is C10H12ClNO4S. The summed E-state index contributed by atoms with van der Waals surface area (Å²) >= 11 is 5.80. The molecule has 0 spiro atoms. The molecule has 94 valence electrons. The molecule has 1 heterocycles. The van der Waals surface area contributed by atoms with E-state index in [9.17, 15) is 8.42 Å². The molecule has 0 aliphatic carbocycles. The second kappa shape index (κ2) is 4.72. The summed E-state index contributed by atoms with van der Waals surface area (Å²) in [5.41, 5.74) is 0. The molecule has 0 amide bonds. The van der Waals surface area contributed by atoms with E-state index < -0.39 is 10.0 Å². The van der Waals surface area contributed by atoms with E-state index >= 15 is 0 Å². The lowest BCUT2D eigenvalue weighted by atomic mass is 10.2. The summed E-state index contributed by atoms with van der Waals surface area (Å²) in [6.45, 7) is 0.295. The van der Waals surface area contributed by atoms with Crippen molar-refractivity contribution < 1.29 is 17.9 Å². The number of ether oxygens (including phenoxy) is 2. The molecule has 17 heavy (non-hydrogen) atoms. The minimum Gasteiger partial charge on any atom is -0.486 e. The molecule has 1 aromatic rings. The number of rotatable bonds is 3. The molecule has 5 nitrogen and oxygen atoms in total. The first-order valence-electron chi connectivity index (χ1n) is 5.03. The Morgan fingerprint density at radius 1 is 1.41 bits per heavy atom. The van der Waals surface area contributed by atoms with Crippen molar-refractivity contribution in [3.63, 3.8) is 0 Å². The van der Waals surface area contributed by atoms with Crippen molar-refractivity contribution in [2.45, 2.75) is 12.5 Å². The van der Waals surface area contributed by atoms with Gasteiger partial charge in [0.1, 0.15) is 12.7 Å². The van der Waals surface area contributed by atoms with Gasteiger partial charge >= 0.3 is 0 Å². The maximum Gasteiger partial charge on any atom is 0.209 e. The van der Waals surface area contributed by atoms with Crippen LogP contribution >= 0.6 is 11.6 Å². The molecule has 2 rings (SSSR count). The van der Waals surface area contributed by atoms with Gasteiger partial charge in [0.25, 0.3) is 0 Å². The maximum absolute atomic E-state index is 10.8. The fourth-order valence-electron chi connectivity index (χ4n) is 1.53. The van der Waals surface area contributed by atoms with Gasteiger partial charge in [0.2, 0.25) is 10.0 Å². The Morgan fingerprint density at radius 3 is 2.88 bits per heavy atom. The number of primary sulfonamides is 1. The Hall–Kier alpha value is -0.980. The van der Waals surface area contributed by atoms with E-state index in [1.807, 2.05) is 0 Å². The van der Waals surface area contributed by atoms with E-state index in [1.165, 1.54) is 0 Å². The van der Waals surface area contributed by atoms with E-state index in [1.54, 1.807) is 18.2 Å². The highest BCUT2D eigenvalue weighted by atomic mass is 35.5. The summed E-state index contributed by atoms with van der Waals surface area (Å²) in [4.78, 5) is 0. The second-order valence-corrected chi connectivity index (χ2v) is 5.97. The van der Waals surface area contributed by atoms with Crippen molar-refractivity contribution >= 4 is 21.6 Å². The third-order valence-electron chi connectivity index (χ3n) is 2.35. The zero-order chi connectivity index (χ0) is 12.5. The Morgan fingerprint density at radius 2 is 2.18 bits per heavy atom. The predicted molar refractivity (Wildman–Crippen MR) is 64.0 cm³/mol. The zero-order valence-electron chi connectivity index (χ0n) is 8.93. The van der Waals surface area contributed by atoms with Crippen LogP contribution in [0.3, 0.4) is 0 Å². The minimum absolute atomic E-state index is 0.121. The molecule has 0 unspecified atom stereocenters. The standard InChI is InChI=1S/C10H12ClNO4S/c11-7-1-2-9-10(5-7)15-6-8(16-9)3-4-17(12,13)14/h1-2,5,8H,3-4,6H2,(H2,12,13,14)/t8-/m0/s1. The largest absolute Gasteiger partial charge is 0.486 e. The van der Waals surface area contributed by atoms with Crippen molar-refractivity contribution in [1.82, 2.24) is 0 Å². The Kier molecular flexibility index (Phi) is 3.46. The first-order chi connectivity index (χ1) is 7.94. The van der Waals surface area contributed by atoms with E-state index in [0.29, 0.717) is 29.5 Å². The quantitative estimate of drug-likeness (QED) is 0.899. The monoisotopic (exact) mass is 277 g/mol. The van der Waals surface area contributed by atoms with Crippen LogP contribution in [0.4, 0.5) is 0 Å². The summed E-state index contributed by atoms with van der Waals surface area (Å²) in [7, 11) is -3.46. The third kappa shape index (κ3) is 3.49. The van der Waals surface area contributed by atoms with Crippen molar-refractivity contribution in [1.29, 1.82) is 0 Å². The molecule has 0 saturated carbocycles. The summed E-state index contributed by atoms with van der Waals surface area (Å²) in [6, 6.07) is 5.04. The highest BCUT2D eigenvalue weighted by molar-refractivity contribution is 7.89. The topological polar surface area (TPSA) is 78.6 Å². The predicted octanol–water partition coefficient (Wildman–Crippen LogP) is 1.16. The fourth-order valence-corrected chi connectivity index (χ4v) is 2.28. The van der Waals surface area contributed by atoms with Gasteiger partial charge in [0.05, 0.1) is 5.75 Å². The molecule has 0 radical (unpaired) electrons. The van der Waals surface area contributed by atoms with Gasteiger partial charge in [-0.1, -0.05) is 11.6 Å². The molecule has 1 aromatic carbocycles. The zero-order valence-corrected chi connectivity index (χ0v) is 10.5. The van der Waals surface area contributed by atoms with Gasteiger partial charge in [-0.15, -0.1) is 0 Å². The first-order valence-corrected chi connectivity index (χ1v) is 7.13. The van der Waals surface area contributed by atoms with Crippen molar-refractivity contribution in [3.05, 3.63) is 23.2 Å². The van der Waals surface area contributed by atoms with Crippen molar-refractivity contribution in [2.24, 2.45) is 5.14 Å². The number of hydrogen-bond donors (Lipinski definition) is 1. The average Bonchev–Trinajstić information content (AvgIpc) is 2.25. The summed E-state index contributed by atoms with van der Waals surface area (Å²) in [5, 5.41) is 5.49. The molecular weight excluding hydrogens is 266 g/mol. The molecule has 7 heteroatoms. The van der Waals surface area contributed by atoms with E-state index in [0.717, 1.165) is 0 Å². The molecule has 1 atom stereocenters. The van der Waals surface area contributed by atoms with E-state index in [2.05, 4.69) is 0 Å². The Bertz CT molecular complexity index is 517. The lowest BCUT2D eigenvalue weighted by Crippen LogP contribution is -2.32. The minimum atomic E-state index is -3.46. The number of nitrogens with two attached hydrogens (primary N) is 1. The maximum atomic E-state index is 10.8. The highest BCUT2D eigenvalue weighted by Crippen LogP contribution is 2.34. The molecule has 1 aliphatic heterocycles. The number of hydrogen-bond acceptors (Lipinski definition) is 4. The van der Waals surface area contributed by atoms with Crippen LogP contribution in [0.5, 0.6) is 11.5 Å². The lowest BCUT2D eigenvalue weighted by Gasteiger charge is -2.26. The van der Waals surface area contributed by atoms with Gasteiger partial charge < -0.3 is 9.47 Å². The van der Waals surface area contributed by atoms with Crippen LogP contribution in [0.25, 0.3) is 0 Å². The second-order valence-electron chi connectivity index (χ2n) is 3.80. The molecule has 0 saturated heterocycles. The molecule has 2 N–H and O–H groups in total.